The van der Waals surface area contributed by atoms with Crippen LogP contribution >= 0.6 is 0 Å². The highest BCUT2D eigenvalue weighted by molar-refractivity contribution is 5.69. The Morgan fingerprint density at radius 1 is 1.38 bits per heavy atom. The molecule has 0 aromatic carbocycles. The van der Waals surface area contributed by atoms with Gasteiger partial charge < -0.3 is 15.2 Å². The van der Waals surface area contributed by atoms with Crippen molar-refractivity contribution >= 4 is 6.09 Å². The van der Waals surface area contributed by atoms with Gasteiger partial charge in [0.2, 0.25) is 0 Å². The molecular formula is C12H23NO3. The molecule has 0 unspecified atom stereocenters. The topological polar surface area (TPSA) is 58.6 Å². The predicted octanol–water partition coefficient (Wildman–Crippen LogP) is 2.20. The molecule has 0 radical (unpaired) electrons. The Bertz CT molecular complexity index is 249. The Hall–Kier alpha value is -0.770. The smallest absolute Gasteiger partial charge is 0.408 e. The Labute approximate surface area is 97.4 Å². The van der Waals surface area contributed by atoms with Crippen LogP contribution in [0.25, 0.3) is 0 Å². The summed E-state index contributed by atoms with van der Waals surface area (Å²) in [7, 11) is 0. The molecule has 1 fully saturated rings. The van der Waals surface area contributed by atoms with Crippen LogP contribution < -0.4 is 5.32 Å². The predicted molar refractivity (Wildman–Crippen MR) is 62.2 cm³/mol. The van der Waals surface area contributed by atoms with E-state index in [1.54, 1.807) is 6.92 Å². The molecule has 0 aliphatic heterocycles. The van der Waals surface area contributed by atoms with E-state index in [1.807, 2.05) is 20.8 Å². The summed E-state index contributed by atoms with van der Waals surface area (Å²) in [6.07, 6.45) is 2.76. The van der Waals surface area contributed by atoms with E-state index >= 15 is 0 Å². The molecule has 0 saturated heterocycles. The van der Waals surface area contributed by atoms with Gasteiger partial charge in [0.1, 0.15) is 5.60 Å². The van der Waals surface area contributed by atoms with E-state index in [-0.39, 0.29) is 0 Å². The van der Waals surface area contributed by atoms with E-state index in [0.29, 0.717) is 0 Å². The SMILES string of the molecule is C[C@@H](O)C1(NC(=O)OC(C)(C)C)CCCC1. The Balaban J connectivity index is 2.60. The molecule has 0 heterocycles. The number of ether oxygens (including phenoxy) is 1. The van der Waals surface area contributed by atoms with Gasteiger partial charge in [0.25, 0.3) is 0 Å². The van der Waals surface area contributed by atoms with Gasteiger partial charge >= 0.3 is 6.09 Å². The highest BCUT2D eigenvalue weighted by Gasteiger charge is 2.40. The lowest BCUT2D eigenvalue weighted by Gasteiger charge is -2.34. The second kappa shape index (κ2) is 4.62. The lowest BCUT2D eigenvalue weighted by molar-refractivity contribution is 0.0268. The average molecular weight is 229 g/mol. The summed E-state index contributed by atoms with van der Waals surface area (Å²) >= 11 is 0. The van der Waals surface area contributed by atoms with Crippen molar-refractivity contribution in [2.24, 2.45) is 0 Å². The van der Waals surface area contributed by atoms with Crippen LogP contribution in [0.1, 0.15) is 53.4 Å². The summed E-state index contributed by atoms with van der Waals surface area (Å²) in [6, 6.07) is 0. The Morgan fingerprint density at radius 2 is 1.88 bits per heavy atom. The second-order valence-corrected chi connectivity index (χ2v) is 5.67. The zero-order valence-electron chi connectivity index (χ0n) is 10.7. The molecule has 0 bridgehead atoms. The van der Waals surface area contributed by atoms with E-state index in [9.17, 15) is 9.90 Å². The quantitative estimate of drug-likeness (QED) is 0.763. The van der Waals surface area contributed by atoms with Crippen LogP contribution in [0.15, 0.2) is 0 Å². The van der Waals surface area contributed by atoms with Crippen molar-refractivity contribution in [3.8, 4) is 0 Å². The summed E-state index contributed by atoms with van der Waals surface area (Å²) in [6.45, 7) is 7.21. The number of carbonyl (C=O) groups excluding carboxylic acids is 1. The summed E-state index contributed by atoms with van der Waals surface area (Å²) in [5.41, 5.74) is -0.981. The zero-order valence-corrected chi connectivity index (χ0v) is 10.7. The van der Waals surface area contributed by atoms with Crippen molar-refractivity contribution in [3.05, 3.63) is 0 Å². The van der Waals surface area contributed by atoms with Crippen LogP contribution in [-0.4, -0.2) is 28.4 Å². The maximum absolute atomic E-state index is 11.7. The van der Waals surface area contributed by atoms with E-state index in [2.05, 4.69) is 5.32 Å². The highest BCUT2D eigenvalue weighted by Crippen LogP contribution is 2.32. The molecule has 1 amide bonds. The van der Waals surface area contributed by atoms with Crippen LogP contribution in [0, 0.1) is 0 Å². The largest absolute Gasteiger partial charge is 0.444 e. The fourth-order valence-electron chi connectivity index (χ4n) is 2.16. The number of aliphatic hydroxyl groups is 1. The Kier molecular flexibility index (Phi) is 3.84. The summed E-state index contributed by atoms with van der Waals surface area (Å²) in [4.78, 5) is 11.7. The summed E-state index contributed by atoms with van der Waals surface area (Å²) < 4.78 is 5.21. The number of alkyl carbamates (subject to hydrolysis) is 1. The van der Waals surface area contributed by atoms with Crippen molar-refractivity contribution in [2.75, 3.05) is 0 Å². The molecule has 4 heteroatoms. The first kappa shape index (κ1) is 13.3. The lowest BCUT2D eigenvalue weighted by Crippen LogP contribution is -2.54. The minimum atomic E-state index is -0.539. The molecule has 1 saturated carbocycles. The van der Waals surface area contributed by atoms with Crippen LogP contribution in [0.5, 0.6) is 0 Å². The molecule has 2 N–H and O–H groups in total. The van der Waals surface area contributed by atoms with Crippen molar-refractivity contribution in [2.45, 2.75) is 70.6 Å². The molecule has 1 aliphatic carbocycles. The van der Waals surface area contributed by atoms with Gasteiger partial charge in [-0.1, -0.05) is 12.8 Å². The molecule has 1 rings (SSSR count). The number of aliphatic hydroxyl groups excluding tert-OH is 1. The fraction of sp³-hybridized carbons (Fsp3) is 0.917. The monoisotopic (exact) mass is 229 g/mol. The van der Waals surface area contributed by atoms with E-state index in [1.165, 1.54) is 0 Å². The van der Waals surface area contributed by atoms with Crippen molar-refractivity contribution in [1.82, 2.24) is 5.32 Å². The first-order valence-corrected chi connectivity index (χ1v) is 5.94. The van der Waals surface area contributed by atoms with Crippen LogP contribution in [0.4, 0.5) is 4.79 Å². The van der Waals surface area contributed by atoms with Gasteiger partial charge in [0.15, 0.2) is 0 Å². The molecule has 1 atom stereocenters. The lowest BCUT2D eigenvalue weighted by atomic mass is 9.92. The standard InChI is InChI=1S/C12H23NO3/c1-9(14)12(7-5-6-8-12)13-10(15)16-11(2,3)4/h9,14H,5-8H2,1-4H3,(H,13,15)/t9-/m1/s1. The summed E-state index contributed by atoms with van der Waals surface area (Å²) in [5, 5.41) is 12.6. The molecule has 0 spiro atoms. The average Bonchev–Trinajstić information content (AvgIpc) is 2.49. The number of amides is 1. The molecular weight excluding hydrogens is 206 g/mol. The first-order chi connectivity index (χ1) is 7.25. The van der Waals surface area contributed by atoms with Gasteiger partial charge in [-0.25, -0.2) is 4.79 Å². The zero-order chi connectivity index (χ0) is 12.4. The highest BCUT2D eigenvalue weighted by atomic mass is 16.6. The van der Waals surface area contributed by atoms with E-state index < -0.39 is 23.3 Å². The van der Waals surface area contributed by atoms with Crippen molar-refractivity contribution < 1.29 is 14.6 Å². The third-order valence-corrected chi connectivity index (χ3v) is 3.05. The molecule has 0 aromatic heterocycles. The molecule has 0 aromatic rings. The normalized spacial score (nSPS) is 21.6. The number of rotatable bonds is 2. The van der Waals surface area contributed by atoms with Crippen LogP contribution in [-0.2, 0) is 4.74 Å². The third-order valence-electron chi connectivity index (χ3n) is 3.05. The third kappa shape index (κ3) is 3.37. The van der Waals surface area contributed by atoms with Gasteiger partial charge in [0, 0.05) is 0 Å². The van der Waals surface area contributed by atoms with Crippen LogP contribution in [0.2, 0.25) is 0 Å². The number of carbonyl (C=O) groups is 1. The maximum atomic E-state index is 11.7. The van der Waals surface area contributed by atoms with Crippen molar-refractivity contribution in [1.29, 1.82) is 0 Å². The van der Waals surface area contributed by atoms with Crippen LogP contribution in [0.3, 0.4) is 0 Å². The van der Waals surface area contributed by atoms with Gasteiger partial charge in [0.05, 0.1) is 11.6 Å². The van der Waals surface area contributed by atoms with Gasteiger partial charge in [-0.2, -0.15) is 0 Å². The maximum Gasteiger partial charge on any atom is 0.408 e. The molecule has 4 nitrogen and oxygen atoms in total. The van der Waals surface area contributed by atoms with Gasteiger partial charge in [-0.05, 0) is 40.5 Å². The number of hydrogen-bond acceptors (Lipinski definition) is 3. The molecule has 16 heavy (non-hydrogen) atoms. The first-order valence-electron chi connectivity index (χ1n) is 5.94. The second-order valence-electron chi connectivity index (χ2n) is 5.67. The summed E-state index contributed by atoms with van der Waals surface area (Å²) in [5.74, 6) is 0. The van der Waals surface area contributed by atoms with E-state index in [4.69, 9.17) is 4.74 Å². The number of nitrogens with one attached hydrogen (secondary N) is 1. The van der Waals surface area contributed by atoms with Gasteiger partial charge in [-0.15, -0.1) is 0 Å². The van der Waals surface area contributed by atoms with Crippen molar-refractivity contribution in [3.63, 3.8) is 0 Å². The van der Waals surface area contributed by atoms with E-state index in [0.717, 1.165) is 25.7 Å². The molecule has 1 aliphatic rings. The Morgan fingerprint density at radius 3 is 2.25 bits per heavy atom. The fourth-order valence-corrected chi connectivity index (χ4v) is 2.16. The van der Waals surface area contributed by atoms with Gasteiger partial charge in [-0.3, -0.25) is 0 Å². The number of hydrogen-bond donors (Lipinski definition) is 2. The molecule has 94 valence electrons. The minimum Gasteiger partial charge on any atom is -0.444 e. The minimum absolute atomic E-state index is 0.435.